The third kappa shape index (κ3) is 3.43. The number of carboxylic acids is 1. The van der Waals surface area contributed by atoms with Crippen molar-refractivity contribution in [1.29, 1.82) is 0 Å². The Morgan fingerprint density at radius 1 is 1.32 bits per heavy atom. The molecule has 0 saturated carbocycles. The zero-order valence-electron chi connectivity index (χ0n) is 12.2. The first-order valence-corrected chi connectivity index (χ1v) is 7.48. The highest BCUT2D eigenvalue weighted by Gasteiger charge is 2.19. The van der Waals surface area contributed by atoms with Crippen molar-refractivity contribution in [2.45, 2.75) is 12.8 Å². The fourth-order valence-corrected chi connectivity index (χ4v) is 2.95. The van der Waals surface area contributed by atoms with Crippen LogP contribution in [0.25, 0.3) is 10.9 Å². The number of carboxylic acid groups (broad SMARTS) is 1. The van der Waals surface area contributed by atoms with Gasteiger partial charge in [0, 0.05) is 10.6 Å². The summed E-state index contributed by atoms with van der Waals surface area (Å²) in [6, 6.07) is 2.98. The maximum Gasteiger partial charge on any atom is 0.352 e. The summed E-state index contributed by atoms with van der Waals surface area (Å²) in [5.74, 6) is -1.17. The minimum absolute atomic E-state index is 0.102. The van der Waals surface area contributed by atoms with Gasteiger partial charge >= 0.3 is 5.97 Å². The van der Waals surface area contributed by atoms with Crippen LogP contribution < -0.4 is 5.43 Å². The molecule has 1 aromatic carbocycles. The minimum Gasteiger partial charge on any atom is -0.477 e. The molecule has 1 heterocycles. The van der Waals surface area contributed by atoms with E-state index < -0.39 is 5.97 Å². The van der Waals surface area contributed by atoms with Gasteiger partial charge in [-0.3, -0.25) is 4.79 Å². The van der Waals surface area contributed by atoms with E-state index in [4.69, 9.17) is 23.2 Å². The molecule has 0 unspecified atom stereocenters. The molecule has 7 heteroatoms. The SMILES string of the molecule is CN(C)CCCc1c(C(=O)O)[nH]c2cc(Cl)cc(Cl)c2c1=O. The molecule has 22 heavy (non-hydrogen) atoms. The smallest absolute Gasteiger partial charge is 0.352 e. The van der Waals surface area contributed by atoms with Crippen LogP contribution in [0.4, 0.5) is 0 Å². The molecule has 0 aliphatic heterocycles. The van der Waals surface area contributed by atoms with Crippen LogP contribution in [0.2, 0.25) is 10.0 Å². The number of rotatable bonds is 5. The zero-order valence-corrected chi connectivity index (χ0v) is 13.8. The van der Waals surface area contributed by atoms with Crippen molar-refractivity contribution in [2.75, 3.05) is 20.6 Å². The van der Waals surface area contributed by atoms with E-state index in [1.807, 2.05) is 19.0 Å². The van der Waals surface area contributed by atoms with Crippen LogP contribution in [0.1, 0.15) is 22.5 Å². The molecule has 0 fully saturated rings. The lowest BCUT2D eigenvalue weighted by Crippen LogP contribution is -2.21. The van der Waals surface area contributed by atoms with Gasteiger partial charge in [-0.05, 0) is 45.6 Å². The van der Waals surface area contributed by atoms with E-state index in [0.717, 1.165) is 6.54 Å². The Kier molecular flexibility index (Phi) is 5.11. The lowest BCUT2D eigenvalue weighted by molar-refractivity contribution is 0.0689. The van der Waals surface area contributed by atoms with Gasteiger partial charge in [0.25, 0.3) is 0 Å². The van der Waals surface area contributed by atoms with Crippen LogP contribution in [0.3, 0.4) is 0 Å². The van der Waals surface area contributed by atoms with Crippen molar-refractivity contribution in [3.8, 4) is 0 Å². The van der Waals surface area contributed by atoms with E-state index in [1.165, 1.54) is 12.1 Å². The molecule has 118 valence electrons. The molecule has 5 nitrogen and oxygen atoms in total. The van der Waals surface area contributed by atoms with Gasteiger partial charge < -0.3 is 15.0 Å². The molecule has 0 amide bonds. The summed E-state index contributed by atoms with van der Waals surface area (Å²) in [7, 11) is 3.84. The molecule has 0 radical (unpaired) electrons. The number of benzene rings is 1. The second-order valence-corrected chi connectivity index (χ2v) is 6.17. The molecule has 0 bridgehead atoms. The van der Waals surface area contributed by atoms with Gasteiger partial charge in [0.2, 0.25) is 0 Å². The highest BCUT2D eigenvalue weighted by molar-refractivity contribution is 6.38. The Labute approximate surface area is 137 Å². The Bertz CT molecular complexity index is 784. The van der Waals surface area contributed by atoms with Crippen LogP contribution in [0, 0.1) is 0 Å². The summed E-state index contributed by atoms with van der Waals surface area (Å²) in [5, 5.41) is 10.2. The lowest BCUT2D eigenvalue weighted by atomic mass is 10.0. The number of nitrogens with zero attached hydrogens (tertiary/aromatic N) is 1. The normalized spacial score (nSPS) is 11.3. The molecular formula is C15H16Cl2N2O3. The number of aromatic amines is 1. The van der Waals surface area contributed by atoms with Crippen molar-refractivity contribution in [1.82, 2.24) is 9.88 Å². The Hall–Kier alpha value is -1.56. The summed E-state index contributed by atoms with van der Waals surface area (Å²) in [5.41, 5.74) is 0.114. The minimum atomic E-state index is -1.17. The van der Waals surface area contributed by atoms with Crippen molar-refractivity contribution in [3.63, 3.8) is 0 Å². The second-order valence-electron chi connectivity index (χ2n) is 5.33. The topological polar surface area (TPSA) is 73.4 Å². The van der Waals surface area contributed by atoms with Gasteiger partial charge in [0.05, 0.1) is 15.9 Å². The standard InChI is InChI=1S/C15H16Cl2N2O3/c1-19(2)5-3-4-9-13(15(21)22)18-11-7-8(16)6-10(17)12(11)14(9)20/h6-7H,3-5H2,1-2H3,(H,18,20)(H,21,22). The van der Waals surface area contributed by atoms with E-state index in [2.05, 4.69) is 4.98 Å². The van der Waals surface area contributed by atoms with E-state index >= 15 is 0 Å². The van der Waals surface area contributed by atoms with Crippen LogP contribution in [-0.4, -0.2) is 41.6 Å². The molecule has 2 aromatic rings. The number of carbonyl (C=O) groups is 1. The maximum atomic E-state index is 12.6. The van der Waals surface area contributed by atoms with Gasteiger partial charge in [-0.1, -0.05) is 23.2 Å². The van der Waals surface area contributed by atoms with Gasteiger partial charge in [-0.2, -0.15) is 0 Å². The number of H-pyrrole nitrogens is 1. The Morgan fingerprint density at radius 2 is 2.00 bits per heavy atom. The number of nitrogens with one attached hydrogen (secondary N) is 1. The zero-order chi connectivity index (χ0) is 16.4. The van der Waals surface area contributed by atoms with Crippen LogP contribution in [0.15, 0.2) is 16.9 Å². The average molecular weight is 343 g/mol. The summed E-state index contributed by atoms with van der Waals surface area (Å²) in [6.07, 6.45) is 1.04. The van der Waals surface area contributed by atoms with Crippen molar-refractivity contribution >= 4 is 40.1 Å². The van der Waals surface area contributed by atoms with Gasteiger partial charge in [0.15, 0.2) is 5.43 Å². The van der Waals surface area contributed by atoms with Gasteiger partial charge in [0.1, 0.15) is 5.69 Å². The van der Waals surface area contributed by atoms with Crippen LogP contribution >= 0.6 is 23.2 Å². The van der Waals surface area contributed by atoms with Crippen molar-refractivity contribution in [2.24, 2.45) is 0 Å². The average Bonchev–Trinajstić information content (AvgIpc) is 2.39. The van der Waals surface area contributed by atoms with Crippen molar-refractivity contribution in [3.05, 3.63) is 43.7 Å². The lowest BCUT2D eigenvalue weighted by Gasteiger charge is -2.12. The van der Waals surface area contributed by atoms with E-state index in [9.17, 15) is 14.7 Å². The summed E-state index contributed by atoms with van der Waals surface area (Å²) < 4.78 is 0. The van der Waals surface area contributed by atoms with E-state index in [1.54, 1.807) is 0 Å². The first-order chi connectivity index (χ1) is 10.3. The summed E-state index contributed by atoms with van der Waals surface area (Å²) in [6.45, 7) is 0.755. The van der Waals surface area contributed by atoms with Crippen LogP contribution in [0.5, 0.6) is 0 Å². The first-order valence-electron chi connectivity index (χ1n) is 6.73. The van der Waals surface area contributed by atoms with Crippen molar-refractivity contribution < 1.29 is 9.90 Å². The fourth-order valence-electron chi connectivity index (χ4n) is 2.37. The van der Waals surface area contributed by atoms with Crippen LogP contribution in [-0.2, 0) is 6.42 Å². The number of aromatic nitrogens is 1. The fraction of sp³-hybridized carbons (Fsp3) is 0.333. The number of aromatic carboxylic acids is 1. The quantitative estimate of drug-likeness (QED) is 0.875. The molecule has 0 saturated heterocycles. The Morgan fingerprint density at radius 3 is 2.59 bits per heavy atom. The van der Waals surface area contributed by atoms with Gasteiger partial charge in [-0.25, -0.2) is 4.79 Å². The number of fused-ring (bicyclic) bond motifs is 1. The molecule has 0 aliphatic rings. The molecule has 0 spiro atoms. The molecular weight excluding hydrogens is 327 g/mol. The van der Waals surface area contributed by atoms with Gasteiger partial charge in [-0.15, -0.1) is 0 Å². The third-order valence-corrected chi connectivity index (χ3v) is 3.88. The highest BCUT2D eigenvalue weighted by Crippen LogP contribution is 2.25. The number of hydrogen-bond acceptors (Lipinski definition) is 3. The van der Waals surface area contributed by atoms with E-state index in [-0.39, 0.29) is 27.1 Å². The third-order valence-electron chi connectivity index (χ3n) is 3.36. The highest BCUT2D eigenvalue weighted by atomic mass is 35.5. The maximum absolute atomic E-state index is 12.6. The molecule has 2 rings (SSSR count). The van der Waals surface area contributed by atoms with E-state index in [0.29, 0.717) is 23.4 Å². The number of hydrogen-bond donors (Lipinski definition) is 2. The summed E-state index contributed by atoms with van der Waals surface area (Å²) in [4.78, 5) is 28.8. The molecule has 1 aromatic heterocycles. The predicted octanol–water partition coefficient (Wildman–Crippen LogP) is 3.03. The Balaban J connectivity index is 2.62. The molecule has 0 atom stereocenters. The number of halogens is 2. The second kappa shape index (κ2) is 6.69. The molecule has 0 aliphatic carbocycles. The monoisotopic (exact) mass is 342 g/mol. The summed E-state index contributed by atoms with van der Waals surface area (Å²) >= 11 is 12.0. The largest absolute Gasteiger partial charge is 0.477 e. The first kappa shape index (κ1) is 16.8. The predicted molar refractivity (Wildman–Crippen MR) is 88.4 cm³/mol. The molecule has 2 N–H and O–H groups in total. The number of pyridine rings is 1.